The number of rotatable bonds is 7. The van der Waals surface area contributed by atoms with Gasteiger partial charge >= 0.3 is 0 Å². The molecule has 0 fully saturated rings. The Bertz CT molecular complexity index is 253. The molecule has 0 aromatic heterocycles. The highest BCUT2D eigenvalue weighted by atomic mass is 32.2. The van der Waals surface area contributed by atoms with Crippen molar-refractivity contribution in [3.05, 3.63) is 0 Å². The van der Waals surface area contributed by atoms with E-state index in [0.717, 1.165) is 12.8 Å². The summed E-state index contributed by atoms with van der Waals surface area (Å²) < 4.78 is 24.3. The van der Waals surface area contributed by atoms with Crippen molar-refractivity contribution in [3.63, 3.8) is 0 Å². The molecule has 2 N–H and O–H groups in total. The molecule has 0 aliphatic heterocycles. The van der Waals surface area contributed by atoms with Crippen molar-refractivity contribution in [1.82, 2.24) is 4.72 Å². The molecule has 0 aromatic carbocycles. The Morgan fingerprint density at radius 1 is 1.38 bits per heavy atom. The molecule has 0 rings (SSSR count). The fraction of sp³-hybridized carbons (Fsp3) is 0.750. The zero-order chi connectivity index (χ0) is 10.2. The number of aliphatic hydroxyl groups excluding tert-OH is 1. The van der Waals surface area contributed by atoms with Crippen LogP contribution < -0.4 is 4.72 Å². The summed E-state index contributed by atoms with van der Waals surface area (Å²) in [5.74, 6) is 2.24. The van der Waals surface area contributed by atoms with Crippen LogP contribution in [0.1, 0.15) is 19.3 Å². The number of nitrogens with one attached hydrogen (secondary N) is 1. The molecule has 13 heavy (non-hydrogen) atoms. The van der Waals surface area contributed by atoms with Crippen LogP contribution in [0.4, 0.5) is 0 Å². The van der Waals surface area contributed by atoms with E-state index in [1.165, 1.54) is 0 Å². The first kappa shape index (κ1) is 12.4. The van der Waals surface area contributed by atoms with E-state index >= 15 is 0 Å². The van der Waals surface area contributed by atoms with Gasteiger partial charge in [-0.1, -0.05) is 0 Å². The molecule has 0 radical (unpaired) electrons. The summed E-state index contributed by atoms with van der Waals surface area (Å²) in [5.41, 5.74) is 0. The van der Waals surface area contributed by atoms with Crippen molar-refractivity contribution in [3.8, 4) is 12.3 Å². The predicted molar refractivity (Wildman–Crippen MR) is 51.6 cm³/mol. The van der Waals surface area contributed by atoms with Crippen LogP contribution >= 0.6 is 0 Å². The van der Waals surface area contributed by atoms with E-state index in [-0.39, 0.29) is 12.4 Å². The van der Waals surface area contributed by atoms with Gasteiger partial charge in [-0.3, -0.25) is 0 Å². The first-order valence-corrected chi connectivity index (χ1v) is 5.79. The molecule has 0 aromatic rings. The lowest BCUT2D eigenvalue weighted by molar-refractivity contribution is 0.319. The first-order chi connectivity index (χ1) is 6.12. The van der Waals surface area contributed by atoms with Crippen molar-refractivity contribution in [1.29, 1.82) is 0 Å². The van der Waals surface area contributed by atoms with Crippen molar-refractivity contribution in [2.24, 2.45) is 0 Å². The molecule has 0 saturated heterocycles. The molecule has 0 bridgehead atoms. The number of hydrogen-bond donors (Lipinski definition) is 2. The summed E-state index contributed by atoms with van der Waals surface area (Å²) in [6, 6.07) is 0. The molecule has 0 saturated carbocycles. The Hall–Kier alpha value is -0.570. The monoisotopic (exact) mass is 205 g/mol. The van der Waals surface area contributed by atoms with Crippen LogP contribution in [-0.2, 0) is 10.0 Å². The van der Waals surface area contributed by atoms with Crippen LogP contribution in [0.3, 0.4) is 0 Å². The SMILES string of the molecule is C#CCCCCNS(=O)(=O)CCO. The second-order valence-corrected chi connectivity index (χ2v) is 4.52. The van der Waals surface area contributed by atoms with Crippen LogP contribution in [0.15, 0.2) is 0 Å². The number of hydrogen-bond acceptors (Lipinski definition) is 3. The Kier molecular flexibility index (Phi) is 6.59. The van der Waals surface area contributed by atoms with Crippen molar-refractivity contribution < 1.29 is 13.5 Å². The van der Waals surface area contributed by atoms with Gasteiger partial charge < -0.3 is 5.11 Å². The molecule has 0 aliphatic rings. The highest BCUT2D eigenvalue weighted by Gasteiger charge is 2.06. The third kappa shape index (κ3) is 7.78. The zero-order valence-electron chi connectivity index (χ0n) is 7.49. The molecule has 76 valence electrons. The quantitative estimate of drug-likeness (QED) is 0.443. The number of terminal acetylenes is 1. The fourth-order valence-electron chi connectivity index (χ4n) is 0.772. The number of sulfonamides is 1. The second-order valence-electron chi connectivity index (χ2n) is 2.60. The van der Waals surface area contributed by atoms with Crippen LogP contribution in [0.5, 0.6) is 0 Å². The lowest BCUT2D eigenvalue weighted by atomic mass is 10.2. The minimum Gasteiger partial charge on any atom is -0.395 e. The average Bonchev–Trinajstić information content (AvgIpc) is 2.04. The average molecular weight is 205 g/mol. The van der Waals surface area contributed by atoms with Crippen molar-refractivity contribution in [2.75, 3.05) is 18.9 Å². The zero-order valence-corrected chi connectivity index (χ0v) is 8.31. The van der Waals surface area contributed by atoms with Gasteiger partial charge in [0, 0.05) is 13.0 Å². The molecule has 5 heteroatoms. The number of aliphatic hydroxyl groups is 1. The summed E-state index contributed by atoms with van der Waals surface area (Å²) >= 11 is 0. The van der Waals surface area contributed by atoms with Gasteiger partial charge in [0.05, 0.1) is 12.4 Å². The van der Waals surface area contributed by atoms with E-state index in [9.17, 15) is 8.42 Å². The maximum absolute atomic E-state index is 11.0. The fourth-order valence-corrected chi connectivity index (χ4v) is 1.61. The summed E-state index contributed by atoms with van der Waals surface area (Å²) in [6.45, 7) is 0.0453. The van der Waals surface area contributed by atoms with Crippen molar-refractivity contribution >= 4 is 10.0 Å². The van der Waals surface area contributed by atoms with E-state index < -0.39 is 10.0 Å². The van der Waals surface area contributed by atoms with Gasteiger partial charge in [-0.15, -0.1) is 12.3 Å². The lowest BCUT2D eigenvalue weighted by Gasteiger charge is -2.03. The third-order valence-corrected chi connectivity index (χ3v) is 2.79. The molecule has 0 spiro atoms. The van der Waals surface area contributed by atoms with E-state index in [1.807, 2.05) is 0 Å². The van der Waals surface area contributed by atoms with Gasteiger partial charge in [0.2, 0.25) is 10.0 Å². The summed E-state index contributed by atoms with van der Waals surface area (Å²) in [7, 11) is -3.27. The minimum atomic E-state index is -3.27. The van der Waals surface area contributed by atoms with Gasteiger partial charge in [0.15, 0.2) is 0 Å². The maximum Gasteiger partial charge on any atom is 0.213 e. The Labute approximate surface area is 79.4 Å². The van der Waals surface area contributed by atoms with Gasteiger partial charge in [-0.05, 0) is 12.8 Å². The van der Waals surface area contributed by atoms with Gasteiger partial charge in [-0.2, -0.15) is 0 Å². The molecule has 0 amide bonds. The van der Waals surface area contributed by atoms with Gasteiger partial charge in [0.1, 0.15) is 0 Å². The third-order valence-electron chi connectivity index (χ3n) is 1.43. The molecule has 4 nitrogen and oxygen atoms in total. The largest absolute Gasteiger partial charge is 0.395 e. The summed E-state index contributed by atoms with van der Waals surface area (Å²) in [6.07, 6.45) is 7.24. The predicted octanol–water partition coefficient (Wildman–Crippen LogP) is -0.298. The second kappa shape index (κ2) is 6.89. The van der Waals surface area contributed by atoms with Gasteiger partial charge in [0.25, 0.3) is 0 Å². The Morgan fingerprint density at radius 3 is 2.62 bits per heavy atom. The molecule has 0 heterocycles. The van der Waals surface area contributed by atoms with Crippen molar-refractivity contribution in [2.45, 2.75) is 19.3 Å². The highest BCUT2D eigenvalue weighted by molar-refractivity contribution is 7.89. The Morgan fingerprint density at radius 2 is 2.08 bits per heavy atom. The smallest absolute Gasteiger partial charge is 0.213 e. The van der Waals surface area contributed by atoms with Crippen LogP contribution in [0.25, 0.3) is 0 Å². The molecule has 0 unspecified atom stereocenters. The minimum absolute atomic E-state index is 0.234. The summed E-state index contributed by atoms with van der Waals surface area (Å²) in [4.78, 5) is 0. The summed E-state index contributed by atoms with van der Waals surface area (Å²) in [5, 5.41) is 8.40. The molecule has 0 aliphatic carbocycles. The molecular weight excluding hydrogens is 190 g/mol. The Balaban J connectivity index is 3.48. The van der Waals surface area contributed by atoms with Crippen LogP contribution in [-0.4, -0.2) is 32.4 Å². The molecular formula is C8H15NO3S. The normalized spacial score (nSPS) is 11.1. The lowest BCUT2D eigenvalue weighted by Crippen LogP contribution is -2.28. The van der Waals surface area contributed by atoms with E-state index in [4.69, 9.17) is 11.5 Å². The van der Waals surface area contributed by atoms with Crippen LogP contribution in [0.2, 0.25) is 0 Å². The maximum atomic E-state index is 11.0. The molecule has 0 atom stereocenters. The highest BCUT2D eigenvalue weighted by Crippen LogP contribution is 1.92. The van der Waals surface area contributed by atoms with Crippen LogP contribution in [0, 0.1) is 12.3 Å². The number of unbranched alkanes of at least 4 members (excludes halogenated alkanes) is 2. The standard InChI is InChI=1S/C8H15NO3S/c1-2-3-4-5-6-9-13(11,12)8-7-10/h1,9-10H,3-8H2. The van der Waals surface area contributed by atoms with E-state index in [0.29, 0.717) is 13.0 Å². The topological polar surface area (TPSA) is 66.4 Å². The first-order valence-electron chi connectivity index (χ1n) is 4.14. The van der Waals surface area contributed by atoms with E-state index in [1.54, 1.807) is 0 Å². The van der Waals surface area contributed by atoms with Gasteiger partial charge in [-0.25, -0.2) is 13.1 Å². The van der Waals surface area contributed by atoms with E-state index in [2.05, 4.69) is 10.6 Å².